The van der Waals surface area contributed by atoms with Crippen molar-refractivity contribution in [3.8, 4) is 5.69 Å². The molecule has 1 N–H and O–H groups in total. The molecule has 1 amide bonds. The summed E-state index contributed by atoms with van der Waals surface area (Å²) in [6.45, 7) is 6.25. The van der Waals surface area contributed by atoms with Crippen LogP contribution in [0.1, 0.15) is 35.4 Å². The van der Waals surface area contributed by atoms with E-state index in [1.807, 2.05) is 22.1 Å². The summed E-state index contributed by atoms with van der Waals surface area (Å²) in [5.74, 6) is 0.315. The van der Waals surface area contributed by atoms with Gasteiger partial charge >= 0.3 is 0 Å². The number of nitrogens with zero attached hydrogens (tertiary/aromatic N) is 3. The van der Waals surface area contributed by atoms with Gasteiger partial charge in [-0.1, -0.05) is 30.8 Å². The van der Waals surface area contributed by atoms with E-state index in [1.165, 1.54) is 27.8 Å². The molecule has 0 radical (unpaired) electrons. The van der Waals surface area contributed by atoms with Crippen molar-refractivity contribution in [3.63, 3.8) is 0 Å². The van der Waals surface area contributed by atoms with Gasteiger partial charge < -0.3 is 5.32 Å². The molecule has 1 aromatic carbocycles. The van der Waals surface area contributed by atoms with E-state index < -0.39 is 0 Å². The molecule has 0 aliphatic rings. The number of hydrogen-bond acceptors (Lipinski definition) is 5. The highest BCUT2D eigenvalue weighted by Crippen LogP contribution is 2.23. The number of thioether (sulfide) groups is 1. The molecule has 7 heteroatoms. The van der Waals surface area contributed by atoms with Gasteiger partial charge in [-0.25, -0.2) is 0 Å². The lowest BCUT2D eigenvalue weighted by Gasteiger charge is -2.15. The number of aryl methyl sites for hydroxylation is 2. The van der Waals surface area contributed by atoms with Crippen LogP contribution >= 0.6 is 23.1 Å². The van der Waals surface area contributed by atoms with Crippen molar-refractivity contribution in [1.29, 1.82) is 0 Å². The van der Waals surface area contributed by atoms with Crippen LogP contribution in [0.25, 0.3) is 5.69 Å². The lowest BCUT2D eigenvalue weighted by molar-refractivity contribution is -0.119. The van der Waals surface area contributed by atoms with Crippen molar-refractivity contribution >= 4 is 29.0 Å². The number of benzene rings is 1. The molecule has 2 aromatic heterocycles. The van der Waals surface area contributed by atoms with Gasteiger partial charge in [-0.05, 0) is 55.0 Å². The van der Waals surface area contributed by atoms with E-state index in [-0.39, 0.29) is 11.9 Å². The maximum atomic E-state index is 12.4. The number of carbonyl (C=O) groups excluding carboxylic acids is 1. The Kier molecular flexibility index (Phi) is 6.11. The van der Waals surface area contributed by atoms with Gasteiger partial charge in [-0.15, -0.1) is 21.5 Å². The Hall–Kier alpha value is -2.12. The maximum Gasteiger partial charge on any atom is 0.230 e. The van der Waals surface area contributed by atoms with Gasteiger partial charge in [0.05, 0.1) is 11.8 Å². The second kappa shape index (κ2) is 8.51. The Balaban J connectivity index is 1.64. The third-order valence-corrected chi connectivity index (χ3v) is 6.18. The largest absolute Gasteiger partial charge is 0.348 e. The van der Waals surface area contributed by atoms with Gasteiger partial charge in [0.15, 0.2) is 5.16 Å². The van der Waals surface area contributed by atoms with Gasteiger partial charge in [0.1, 0.15) is 6.33 Å². The minimum absolute atomic E-state index is 0.00452. The van der Waals surface area contributed by atoms with Crippen molar-refractivity contribution in [1.82, 2.24) is 20.1 Å². The normalized spacial score (nSPS) is 12.1. The fourth-order valence-corrected chi connectivity index (χ4v) is 4.21. The van der Waals surface area contributed by atoms with Crippen LogP contribution in [0, 0.1) is 13.8 Å². The number of carbonyl (C=O) groups is 1. The molecule has 26 heavy (non-hydrogen) atoms. The molecular weight excluding hydrogens is 364 g/mol. The highest BCUT2D eigenvalue weighted by atomic mass is 32.2. The first-order valence-electron chi connectivity index (χ1n) is 8.51. The standard InChI is InChI=1S/C19H22N4OS2/c1-4-16(17-6-5-9-25-17)21-18(24)11-26-19-22-20-12-23(19)15-8-7-13(2)14(3)10-15/h5-10,12,16H,4,11H2,1-3H3,(H,21,24). The highest BCUT2D eigenvalue weighted by Gasteiger charge is 2.15. The second-order valence-corrected chi connectivity index (χ2v) is 8.01. The Morgan fingerprint density at radius 2 is 2.15 bits per heavy atom. The summed E-state index contributed by atoms with van der Waals surface area (Å²) in [7, 11) is 0. The number of nitrogens with one attached hydrogen (secondary N) is 1. The first kappa shape index (κ1) is 18.7. The molecular formula is C19H22N4OS2. The van der Waals surface area contributed by atoms with Crippen molar-refractivity contribution < 1.29 is 4.79 Å². The molecule has 136 valence electrons. The van der Waals surface area contributed by atoms with E-state index in [0.29, 0.717) is 10.9 Å². The molecule has 2 heterocycles. The zero-order valence-electron chi connectivity index (χ0n) is 15.1. The fourth-order valence-electron chi connectivity index (χ4n) is 2.61. The molecule has 3 rings (SSSR count). The molecule has 0 fully saturated rings. The fraction of sp³-hybridized carbons (Fsp3) is 0.316. The minimum Gasteiger partial charge on any atom is -0.348 e. The predicted octanol–water partition coefficient (Wildman–Crippen LogP) is 4.31. The highest BCUT2D eigenvalue weighted by molar-refractivity contribution is 7.99. The first-order valence-corrected chi connectivity index (χ1v) is 10.4. The van der Waals surface area contributed by atoms with Crippen molar-refractivity contribution in [2.45, 2.75) is 38.4 Å². The number of aromatic nitrogens is 3. The lowest BCUT2D eigenvalue weighted by Crippen LogP contribution is -2.29. The Bertz CT molecular complexity index is 874. The summed E-state index contributed by atoms with van der Waals surface area (Å²) in [5.41, 5.74) is 3.47. The monoisotopic (exact) mass is 386 g/mol. The van der Waals surface area contributed by atoms with Crippen LogP contribution in [-0.2, 0) is 4.79 Å². The quantitative estimate of drug-likeness (QED) is 0.615. The zero-order chi connectivity index (χ0) is 18.5. The smallest absolute Gasteiger partial charge is 0.230 e. The summed E-state index contributed by atoms with van der Waals surface area (Å²) in [4.78, 5) is 13.5. The summed E-state index contributed by atoms with van der Waals surface area (Å²) in [5, 5.41) is 14.0. The van der Waals surface area contributed by atoms with Crippen molar-refractivity contribution in [2.75, 3.05) is 5.75 Å². The number of thiophene rings is 1. The van der Waals surface area contributed by atoms with Gasteiger partial charge in [0, 0.05) is 10.6 Å². The molecule has 5 nitrogen and oxygen atoms in total. The summed E-state index contributed by atoms with van der Waals surface area (Å²) >= 11 is 3.06. The minimum atomic E-state index is 0.00452. The van der Waals surface area contributed by atoms with E-state index in [1.54, 1.807) is 17.7 Å². The maximum absolute atomic E-state index is 12.4. The summed E-state index contributed by atoms with van der Waals surface area (Å²) in [6, 6.07) is 10.4. The molecule has 0 saturated heterocycles. The average Bonchev–Trinajstić information content (AvgIpc) is 3.32. The average molecular weight is 387 g/mol. The van der Waals surface area contributed by atoms with E-state index in [2.05, 4.69) is 54.5 Å². The molecule has 0 aliphatic carbocycles. The Labute approximate surface area is 161 Å². The van der Waals surface area contributed by atoms with Crippen LogP contribution in [0.15, 0.2) is 47.2 Å². The molecule has 0 aliphatic heterocycles. The van der Waals surface area contributed by atoms with Crippen LogP contribution in [0.2, 0.25) is 0 Å². The van der Waals surface area contributed by atoms with E-state index in [0.717, 1.165) is 12.1 Å². The molecule has 3 aromatic rings. The first-order chi connectivity index (χ1) is 12.6. The number of amides is 1. The predicted molar refractivity (Wildman–Crippen MR) is 107 cm³/mol. The van der Waals surface area contributed by atoms with Crippen LogP contribution in [-0.4, -0.2) is 26.4 Å². The van der Waals surface area contributed by atoms with Gasteiger partial charge in [-0.2, -0.15) is 0 Å². The Morgan fingerprint density at radius 3 is 2.85 bits per heavy atom. The van der Waals surface area contributed by atoms with Crippen molar-refractivity contribution in [2.24, 2.45) is 0 Å². The van der Waals surface area contributed by atoms with Crippen LogP contribution in [0.5, 0.6) is 0 Å². The molecule has 0 saturated carbocycles. The summed E-state index contributed by atoms with van der Waals surface area (Å²) in [6.07, 6.45) is 2.56. The van der Waals surface area contributed by atoms with Gasteiger partial charge in [0.25, 0.3) is 0 Å². The number of rotatable bonds is 7. The summed E-state index contributed by atoms with van der Waals surface area (Å²) < 4.78 is 1.92. The Morgan fingerprint density at radius 1 is 1.31 bits per heavy atom. The lowest BCUT2D eigenvalue weighted by atomic mass is 10.1. The molecule has 1 unspecified atom stereocenters. The SMILES string of the molecule is CCC(NC(=O)CSc1nncn1-c1ccc(C)c(C)c1)c1cccs1. The second-order valence-electron chi connectivity index (χ2n) is 6.08. The number of hydrogen-bond donors (Lipinski definition) is 1. The van der Waals surface area contributed by atoms with Crippen LogP contribution < -0.4 is 5.32 Å². The third kappa shape index (κ3) is 4.34. The van der Waals surface area contributed by atoms with E-state index in [9.17, 15) is 4.79 Å². The topological polar surface area (TPSA) is 59.8 Å². The molecule has 1 atom stereocenters. The van der Waals surface area contributed by atoms with Crippen molar-refractivity contribution in [3.05, 3.63) is 58.0 Å². The van der Waals surface area contributed by atoms with Gasteiger partial charge in [0.2, 0.25) is 5.91 Å². The van der Waals surface area contributed by atoms with E-state index in [4.69, 9.17) is 0 Å². The third-order valence-electron chi connectivity index (χ3n) is 4.25. The zero-order valence-corrected chi connectivity index (χ0v) is 16.7. The van der Waals surface area contributed by atoms with E-state index >= 15 is 0 Å². The van der Waals surface area contributed by atoms with Crippen LogP contribution in [0.4, 0.5) is 0 Å². The molecule has 0 bridgehead atoms. The van der Waals surface area contributed by atoms with Crippen LogP contribution in [0.3, 0.4) is 0 Å². The van der Waals surface area contributed by atoms with Gasteiger partial charge in [-0.3, -0.25) is 9.36 Å². The molecule has 0 spiro atoms.